The highest BCUT2D eigenvalue weighted by Crippen LogP contribution is 2.34. The quantitative estimate of drug-likeness (QED) is 0.768. The van der Waals surface area contributed by atoms with Crippen LogP contribution in [0.4, 0.5) is 0 Å². The smallest absolute Gasteiger partial charge is 0.269 e. The summed E-state index contributed by atoms with van der Waals surface area (Å²) in [5, 5.41) is 6.25. The first kappa shape index (κ1) is 17.8. The molecule has 2 aliphatic heterocycles. The molecule has 2 fully saturated rings. The highest BCUT2D eigenvalue weighted by molar-refractivity contribution is 6.29. The molecule has 2 amide bonds. The molecule has 2 aromatic heterocycles. The van der Waals surface area contributed by atoms with E-state index in [-0.39, 0.29) is 29.6 Å². The Labute approximate surface area is 161 Å². The Kier molecular flexibility index (Phi) is 4.75. The van der Waals surface area contributed by atoms with Gasteiger partial charge in [-0.2, -0.15) is 0 Å². The minimum Gasteiger partial charge on any atom is -0.354 e. The molecule has 0 saturated carbocycles. The van der Waals surface area contributed by atoms with Gasteiger partial charge in [-0.3, -0.25) is 9.59 Å². The van der Waals surface area contributed by atoms with Crippen LogP contribution in [0.3, 0.4) is 0 Å². The van der Waals surface area contributed by atoms with E-state index in [0.717, 1.165) is 18.5 Å². The van der Waals surface area contributed by atoms with Gasteiger partial charge >= 0.3 is 0 Å². The van der Waals surface area contributed by atoms with Crippen molar-refractivity contribution in [2.45, 2.75) is 24.9 Å². The van der Waals surface area contributed by atoms with E-state index in [9.17, 15) is 9.59 Å². The normalized spacial score (nSPS) is 21.9. The maximum absolute atomic E-state index is 12.4. The number of carbonyl (C=O) groups is 2. The first-order chi connectivity index (χ1) is 13.1. The van der Waals surface area contributed by atoms with Crippen LogP contribution in [0.1, 0.15) is 34.9 Å². The van der Waals surface area contributed by atoms with Crippen molar-refractivity contribution < 1.29 is 9.59 Å². The summed E-state index contributed by atoms with van der Waals surface area (Å²) in [7, 11) is 1.54. The average Bonchev–Trinajstić information content (AvgIpc) is 3.08. The SMILES string of the molecule is CNC(=O)c1cc(-c2cc(C3CNC[C@H]4CCC(=O)N34)cc(Cl)n2)ncn1. The average molecular weight is 387 g/mol. The molecular formula is C18H19ClN6O2. The highest BCUT2D eigenvalue weighted by Gasteiger charge is 2.39. The number of halogens is 1. The lowest BCUT2D eigenvalue weighted by molar-refractivity contribution is -0.132. The molecule has 2 aromatic rings. The number of piperazine rings is 1. The van der Waals surface area contributed by atoms with Gasteiger partial charge in [0.05, 0.1) is 17.4 Å². The van der Waals surface area contributed by atoms with E-state index in [0.29, 0.717) is 29.5 Å². The van der Waals surface area contributed by atoms with Gasteiger partial charge in [-0.05, 0) is 30.2 Å². The molecule has 2 aliphatic rings. The molecular weight excluding hydrogens is 368 g/mol. The molecule has 2 atom stereocenters. The number of rotatable bonds is 3. The summed E-state index contributed by atoms with van der Waals surface area (Å²) < 4.78 is 0. The fraction of sp³-hybridized carbons (Fsp3) is 0.389. The van der Waals surface area contributed by atoms with Crippen molar-refractivity contribution in [1.29, 1.82) is 0 Å². The van der Waals surface area contributed by atoms with Crippen molar-refractivity contribution in [2.24, 2.45) is 0 Å². The third-order valence-corrected chi connectivity index (χ3v) is 5.21. The largest absolute Gasteiger partial charge is 0.354 e. The minimum atomic E-state index is -0.303. The first-order valence-electron chi connectivity index (χ1n) is 8.80. The molecule has 27 heavy (non-hydrogen) atoms. The standard InChI is InChI=1S/C18H19ClN6O2/c1-20-18(27)14-6-12(22-9-23-14)13-4-10(5-16(19)24-13)15-8-21-7-11-2-3-17(26)25(11)15/h4-6,9,11,15,21H,2-3,7-8H2,1H3,(H,20,27)/t11-,15?/m1/s1. The zero-order valence-electron chi connectivity index (χ0n) is 14.8. The van der Waals surface area contributed by atoms with Gasteiger partial charge < -0.3 is 15.5 Å². The molecule has 8 nitrogen and oxygen atoms in total. The summed E-state index contributed by atoms with van der Waals surface area (Å²) >= 11 is 6.27. The molecule has 0 aromatic carbocycles. The fourth-order valence-electron chi connectivity index (χ4n) is 3.74. The maximum Gasteiger partial charge on any atom is 0.269 e. The maximum atomic E-state index is 12.4. The Morgan fingerprint density at radius 2 is 2.11 bits per heavy atom. The van der Waals surface area contributed by atoms with E-state index < -0.39 is 0 Å². The van der Waals surface area contributed by atoms with Crippen LogP contribution < -0.4 is 10.6 Å². The predicted molar refractivity (Wildman–Crippen MR) is 99.1 cm³/mol. The Bertz CT molecular complexity index is 905. The molecule has 2 N–H and O–H groups in total. The van der Waals surface area contributed by atoms with E-state index in [1.807, 2.05) is 11.0 Å². The van der Waals surface area contributed by atoms with Crippen LogP contribution in [0, 0.1) is 0 Å². The number of aromatic nitrogens is 3. The van der Waals surface area contributed by atoms with Gasteiger partial charge in [-0.25, -0.2) is 15.0 Å². The van der Waals surface area contributed by atoms with Crippen LogP contribution in [0.2, 0.25) is 5.15 Å². The van der Waals surface area contributed by atoms with Crippen molar-refractivity contribution in [3.8, 4) is 11.4 Å². The minimum absolute atomic E-state index is 0.0988. The van der Waals surface area contributed by atoms with E-state index in [1.54, 1.807) is 19.2 Å². The van der Waals surface area contributed by atoms with Crippen LogP contribution in [-0.4, -0.2) is 57.8 Å². The predicted octanol–water partition coefficient (Wildman–Crippen LogP) is 1.19. The van der Waals surface area contributed by atoms with E-state index in [4.69, 9.17) is 11.6 Å². The Morgan fingerprint density at radius 1 is 1.26 bits per heavy atom. The number of amides is 2. The summed E-state index contributed by atoms with van der Waals surface area (Å²) in [4.78, 5) is 38.7. The molecule has 0 spiro atoms. The molecule has 0 radical (unpaired) electrons. The van der Waals surface area contributed by atoms with Crippen molar-refractivity contribution in [2.75, 3.05) is 20.1 Å². The topological polar surface area (TPSA) is 100 Å². The molecule has 4 heterocycles. The molecule has 9 heteroatoms. The van der Waals surface area contributed by atoms with Crippen molar-refractivity contribution in [3.05, 3.63) is 40.9 Å². The van der Waals surface area contributed by atoms with E-state index in [1.165, 1.54) is 6.33 Å². The zero-order chi connectivity index (χ0) is 19.0. The highest BCUT2D eigenvalue weighted by atomic mass is 35.5. The number of pyridine rings is 1. The lowest BCUT2D eigenvalue weighted by Crippen LogP contribution is -2.51. The lowest BCUT2D eigenvalue weighted by Gasteiger charge is -2.38. The first-order valence-corrected chi connectivity index (χ1v) is 9.18. The van der Waals surface area contributed by atoms with Crippen LogP contribution in [-0.2, 0) is 4.79 Å². The monoisotopic (exact) mass is 386 g/mol. The summed E-state index contributed by atoms with van der Waals surface area (Å²) in [6.45, 7) is 1.48. The van der Waals surface area contributed by atoms with Crippen LogP contribution in [0.5, 0.6) is 0 Å². The second kappa shape index (κ2) is 7.21. The van der Waals surface area contributed by atoms with Crippen LogP contribution in [0.25, 0.3) is 11.4 Å². The molecule has 0 aliphatic carbocycles. The van der Waals surface area contributed by atoms with Gasteiger partial charge in [0, 0.05) is 32.6 Å². The number of carbonyl (C=O) groups excluding carboxylic acids is 2. The summed E-state index contributed by atoms with van der Waals surface area (Å²) in [6.07, 6.45) is 2.77. The second-order valence-electron chi connectivity index (χ2n) is 6.64. The lowest BCUT2D eigenvalue weighted by atomic mass is 10.0. The summed E-state index contributed by atoms with van der Waals surface area (Å²) in [5.74, 6) is -0.132. The van der Waals surface area contributed by atoms with Gasteiger partial charge in [0.1, 0.15) is 17.2 Å². The summed E-state index contributed by atoms with van der Waals surface area (Å²) in [5.41, 5.74) is 2.19. The van der Waals surface area contributed by atoms with Gasteiger partial charge in [0.15, 0.2) is 0 Å². The van der Waals surface area contributed by atoms with E-state index in [2.05, 4.69) is 25.6 Å². The van der Waals surface area contributed by atoms with Gasteiger partial charge in [0.25, 0.3) is 5.91 Å². The van der Waals surface area contributed by atoms with E-state index >= 15 is 0 Å². The number of nitrogens with one attached hydrogen (secondary N) is 2. The molecule has 140 valence electrons. The number of hydrogen-bond acceptors (Lipinski definition) is 6. The Hall–Kier alpha value is -2.58. The number of hydrogen-bond donors (Lipinski definition) is 2. The van der Waals surface area contributed by atoms with Crippen molar-refractivity contribution in [1.82, 2.24) is 30.5 Å². The molecule has 4 rings (SSSR count). The number of nitrogens with zero attached hydrogens (tertiary/aromatic N) is 4. The van der Waals surface area contributed by atoms with Crippen molar-refractivity contribution in [3.63, 3.8) is 0 Å². The van der Waals surface area contributed by atoms with Crippen LogP contribution in [0.15, 0.2) is 24.5 Å². The number of fused-ring (bicyclic) bond motifs is 1. The fourth-order valence-corrected chi connectivity index (χ4v) is 3.96. The second-order valence-corrected chi connectivity index (χ2v) is 7.03. The van der Waals surface area contributed by atoms with Gasteiger partial charge in [-0.15, -0.1) is 0 Å². The van der Waals surface area contributed by atoms with Crippen molar-refractivity contribution >= 4 is 23.4 Å². The van der Waals surface area contributed by atoms with Gasteiger partial charge in [0.2, 0.25) is 5.91 Å². The van der Waals surface area contributed by atoms with Gasteiger partial charge in [-0.1, -0.05) is 11.6 Å². The summed E-state index contributed by atoms with van der Waals surface area (Å²) in [6, 6.07) is 5.35. The Morgan fingerprint density at radius 3 is 2.93 bits per heavy atom. The molecule has 2 saturated heterocycles. The third kappa shape index (κ3) is 3.38. The van der Waals surface area contributed by atoms with Crippen LogP contribution >= 0.6 is 11.6 Å². The molecule has 0 bridgehead atoms. The Balaban J connectivity index is 1.72. The molecule has 1 unspecified atom stereocenters. The zero-order valence-corrected chi connectivity index (χ0v) is 15.5. The third-order valence-electron chi connectivity index (χ3n) is 5.02.